The first-order valence-electron chi connectivity index (χ1n) is 14.8. The van der Waals surface area contributed by atoms with Crippen LogP contribution in [-0.4, -0.2) is 61.5 Å². The Balaban J connectivity index is 1.21. The van der Waals surface area contributed by atoms with Crippen LogP contribution in [0.5, 0.6) is 11.5 Å². The Kier molecular flexibility index (Phi) is 8.41. The Hall–Kier alpha value is -3.54. The molecule has 0 spiro atoms. The van der Waals surface area contributed by atoms with E-state index >= 15 is 0 Å². The Morgan fingerprint density at radius 2 is 1.79 bits per heavy atom. The highest BCUT2D eigenvalue weighted by Gasteiger charge is 2.52. The summed E-state index contributed by atoms with van der Waals surface area (Å²) in [6.07, 6.45) is 4.42. The monoisotopic (exact) mass is 590 g/mol. The fraction of sp³-hybridized carbons (Fsp3) is 0.452. The van der Waals surface area contributed by atoms with Crippen LogP contribution in [0.3, 0.4) is 0 Å². The number of ether oxygens (including phenoxy) is 1. The number of likely N-dealkylation sites (N-methyl/N-ethyl adjacent to an activating group) is 1. The summed E-state index contributed by atoms with van der Waals surface area (Å²) in [6, 6.07) is 14.8. The summed E-state index contributed by atoms with van der Waals surface area (Å²) in [5.41, 5.74) is 2.48. The first-order chi connectivity index (χ1) is 20.4. The normalized spacial score (nSPS) is 26.8. The van der Waals surface area contributed by atoms with Gasteiger partial charge in [0.2, 0.25) is 5.91 Å². The first-order valence-corrected chi connectivity index (χ1v) is 15.6. The maximum atomic E-state index is 13.7. The van der Waals surface area contributed by atoms with Crippen molar-refractivity contribution in [1.29, 1.82) is 0 Å². The largest absolute Gasteiger partial charge is 0.457 e. The molecule has 10 nitrogen and oxygen atoms in total. The van der Waals surface area contributed by atoms with Crippen molar-refractivity contribution in [2.45, 2.75) is 62.5 Å². The summed E-state index contributed by atoms with van der Waals surface area (Å²) in [7, 11) is 1.74. The molecule has 0 radical (unpaired) electrons. The smallest absolute Gasteiger partial charge is 0.326 e. The number of anilines is 1. The third-order valence-corrected chi connectivity index (χ3v) is 9.88. The predicted octanol–water partition coefficient (Wildman–Crippen LogP) is 3.34. The van der Waals surface area contributed by atoms with Crippen LogP contribution >= 0.6 is 11.8 Å². The van der Waals surface area contributed by atoms with Crippen molar-refractivity contribution in [2.75, 3.05) is 25.0 Å². The highest BCUT2D eigenvalue weighted by Crippen LogP contribution is 2.48. The molecular weight excluding hydrogens is 552 g/mol. The Bertz CT molecular complexity index is 1380. The molecule has 2 aromatic carbocycles. The average Bonchev–Trinajstić information content (AvgIpc) is 3.35. The predicted molar refractivity (Wildman–Crippen MR) is 163 cm³/mol. The van der Waals surface area contributed by atoms with E-state index in [1.54, 1.807) is 7.05 Å². The SMILES string of the molecule is CNCC(=O)N[C@@H]1CCCC[C@H]1NC(=O)C1=C2NC(=O)N(c3ccc(Oc4ccccc4)cc3C)C3CCNC(S1)C23. The van der Waals surface area contributed by atoms with E-state index in [0.717, 1.165) is 55.6 Å². The number of urea groups is 1. The van der Waals surface area contributed by atoms with Crippen LogP contribution in [0.2, 0.25) is 0 Å². The molecule has 1 aliphatic carbocycles. The molecular formula is C31H38N6O4S. The first kappa shape index (κ1) is 28.6. The number of hydrogen-bond acceptors (Lipinski definition) is 7. The number of carbonyl (C=O) groups excluding carboxylic acids is 3. The molecule has 4 amide bonds. The van der Waals surface area contributed by atoms with E-state index in [-0.39, 0.29) is 53.8 Å². The molecule has 3 unspecified atom stereocenters. The summed E-state index contributed by atoms with van der Waals surface area (Å²) in [5, 5.41) is 15.8. The summed E-state index contributed by atoms with van der Waals surface area (Å²) in [6.45, 7) is 2.98. The maximum absolute atomic E-state index is 13.7. The summed E-state index contributed by atoms with van der Waals surface area (Å²) < 4.78 is 6.01. The third-order valence-electron chi connectivity index (χ3n) is 8.52. The Morgan fingerprint density at radius 3 is 2.52 bits per heavy atom. The van der Waals surface area contributed by atoms with Gasteiger partial charge in [-0.2, -0.15) is 0 Å². The zero-order valence-corrected chi connectivity index (χ0v) is 24.8. The van der Waals surface area contributed by atoms with Crippen molar-refractivity contribution in [3.8, 4) is 11.5 Å². The molecule has 222 valence electrons. The molecule has 0 bridgehead atoms. The van der Waals surface area contributed by atoms with Gasteiger partial charge < -0.3 is 31.3 Å². The molecule has 1 saturated carbocycles. The van der Waals surface area contributed by atoms with Crippen molar-refractivity contribution in [3.63, 3.8) is 0 Å². The summed E-state index contributed by atoms with van der Waals surface area (Å²) in [4.78, 5) is 42.1. The second-order valence-electron chi connectivity index (χ2n) is 11.3. The molecule has 5 N–H and O–H groups in total. The average molecular weight is 591 g/mol. The number of thioether (sulfide) groups is 1. The lowest BCUT2D eigenvalue weighted by atomic mass is 9.86. The van der Waals surface area contributed by atoms with Gasteiger partial charge in [-0.15, -0.1) is 0 Å². The van der Waals surface area contributed by atoms with E-state index in [2.05, 4.69) is 26.6 Å². The van der Waals surface area contributed by atoms with E-state index in [1.807, 2.05) is 60.4 Å². The van der Waals surface area contributed by atoms with Gasteiger partial charge in [-0.1, -0.05) is 42.8 Å². The lowest BCUT2D eigenvalue weighted by Gasteiger charge is -2.46. The number of amides is 4. The van der Waals surface area contributed by atoms with Gasteiger partial charge in [0.1, 0.15) is 11.5 Å². The molecule has 2 aromatic rings. The number of carbonyl (C=O) groups is 3. The number of nitrogens with one attached hydrogen (secondary N) is 5. The van der Waals surface area contributed by atoms with Gasteiger partial charge in [0, 0.05) is 29.4 Å². The van der Waals surface area contributed by atoms with Gasteiger partial charge in [-0.3, -0.25) is 14.5 Å². The van der Waals surface area contributed by atoms with Gasteiger partial charge in [0.05, 0.1) is 22.9 Å². The lowest BCUT2D eigenvalue weighted by molar-refractivity contribution is -0.122. The molecule has 2 saturated heterocycles. The second kappa shape index (κ2) is 12.4. The summed E-state index contributed by atoms with van der Waals surface area (Å²) in [5.74, 6) is 1.16. The standard InChI is InChI=1S/C31H38N6O4S/c1-18-16-20(41-19-8-4-3-5-9-19)12-13-23(18)37-24-14-15-33-30-26(24)27(36-31(37)40)28(42-30)29(39)35-22-11-7-6-10-21(22)34-25(38)17-32-2/h3-5,8-9,12-13,16,21-22,24,26,30,32-33H,6-7,10-11,14-15,17H2,1-2H3,(H,34,38)(H,35,39)(H,36,40)/t21-,22-,24?,26?,30?/m1/s1. The lowest BCUT2D eigenvalue weighted by Crippen LogP contribution is -2.62. The van der Waals surface area contributed by atoms with E-state index in [4.69, 9.17) is 4.74 Å². The molecule has 4 aliphatic rings. The maximum Gasteiger partial charge on any atom is 0.326 e. The van der Waals surface area contributed by atoms with Crippen molar-refractivity contribution >= 4 is 35.3 Å². The number of nitrogens with zero attached hydrogens (tertiary/aromatic N) is 1. The zero-order chi connectivity index (χ0) is 29.2. The van der Waals surface area contributed by atoms with Crippen molar-refractivity contribution in [2.24, 2.45) is 5.92 Å². The van der Waals surface area contributed by atoms with Crippen LogP contribution in [0.15, 0.2) is 59.1 Å². The Labute approximate surface area is 250 Å². The number of aryl methyl sites for hydroxylation is 1. The molecule has 5 atom stereocenters. The number of rotatable bonds is 8. The number of hydrogen-bond donors (Lipinski definition) is 5. The van der Waals surface area contributed by atoms with Gasteiger partial charge in [0.15, 0.2) is 0 Å². The minimum absolute atomic E-state index is 0.0129. The minimum Gasteiger partial charge on any atom is -0.457 e. The van der Waals surface area contributed by atoms with E-state index in [9.17, 15) is 14.4 Å². The van der Waals surface area contributed by atoms with Gasteiger partial charge in [0.25, 0.3) is 5.91 Å². The molecule has 6 rings (SSSR count). The van der Waals surface area contributed by atoms with Crippen molar-refractivity contribution < 1.29 is 19.1 Å². The zero-order valence-electron chi connectivity index (χ0n) is 23.9. The van der Waals surface area contributed by atoms with Crippen molar-refractivity contribution in [1.82, 2.24) is 26.6 Å². The number of benzene rings is 2. The highest BCUT2D eigenvalue weighted by molar-refractivity contribution is 8.04. The molecule has 3 heterocycles. The van der Waals surface area contributed by atoms with Crippen molar-refractivity contribution in [3.05, 3.63) is 64.7 Å². The van der Waals surface area contributed by atoms with Gasteiger partial charge >= 0.3 is 6.03 Å². The fourth-order valence-electron chi connectivity index (χ4n) is 6.62. The molecule has 0 aromatic heterocycles. The summed E-state index contributed by atoms with van der Waals surface area (Å²) >= 11 is 1.50. The van der Waals surface area contributed by atoms with Crippen LogP contribution in [0, 0.1) is 12.8 Å². The second-order valence-corrected chi connectivity index (χ2v) is 12.5. The molecule has 11 heteroatoms. The number of para-hydroxylation sites is 1. The molecule has 3 fully saturated rings. The molecule has 42 heavy (non-hydrogen) atoms. The minimum atomic E-state index is -0.227. The van der Waals surface area contributed by atoms with E-state index in [0.29, 0.717) is 16.4 Å². The van der Waals surface area contributed by atoms with E-state index in [1.165, 1.54) is 11.8 Å². The molecule has 3 aliphatic heterocycles. The Morgan fingerprint density at radius 1 is 1.02 bits per heavy atom. The van der Waals surface area contributed by atoms with Crippen LogP contribution in [0.25, 0.3) is 0 Å². The topological polar surface area (TPSA) is 124 Å². The van der Waals surface area contributed by atoms with Gasteiger partial charge in [-0.25, -0.2) is 4.79 Å². The van der Waals surface area contributed by atoms with Crippen LogP contribution in [0.1, 0.15) is 37.7 Å². The van der Waals surface area contributed by atoms with Gasteiger partial charge in [-0.05, 0) is 75.7 Å². The third kappa shape index (κ3) is 5.73. The number of piperidine rings is 1. The van der Waals surface area contributed by atoms with Crippen LogP contribution in [0.4, 0.5) is 10.5 Å². The van der Waals surface area contributed by atoms with Crippen LogP contribution < -0.4 is 36.2 Å². The highest BCUT2D eigenvalue weighted by atomic mass is 32.2. The quantitative estimate of drug-likeness (QED) is 0.320. The van der Waals surface area contributed by atoms with E-state index < -0.39 is 0 Å². The van der Waals surface area contributed by atoms with Crippen LogP contribution in [-0.2, 0) is 9.59 Å². The fourth-order valence-corrected chi connectivity index (χ4v) is 8.02.